The molecule has 1 saturated heterocycles. The molecule has 5 nitrogen and oxygen atoms in total. The molecule has 0 bridgehead atoms. The molecule has 0 aromatic carbocycles. The Labute approximate surface area is 94.9 Å². The highest BCUT2D eigenvalue weighted by molar-refractivity contribution is 6.39. The summed E-state index contributed by atoms with van der Waals surface area (Å²) in [5.41, 5.74) is 2.86. The van der Waals surface area contributed by atoms with E-state index in [1.165, 1.54) is 0 Å². The van der Waals surface area contributed by atoms with E-state index in [1.54, 1.807) is 0 Å². The zero-order valence-electron chi connectivity index (χ0n) is 9.53. The van der Waals surface area contributed by atoms with E-state index in [2.05, 4.69) is 17.5 Å². The van der Waals surface area contributed by atoms with Crippen LogP contribution < -0.4 is 5.43 Å². The molecule has 0 aromatic rings. The lowest BCUT2D eigenvalue weighted by Crippen LogP contribution is -2.39. The largest absolute Gasteiger partial charge is 0.337 e. The standard InChI is InChI=1S/C11H17N3O2/c1-2-8-5-6-14(7-8)11(16)9-3-4-10(15)13-12-9/h8H,2-7H2,1H3,(H,13,15). The minimum Gasteiger partial charge on any atom is -0.337 e. The molecule has 2 rings (SSSR count). The first kappa shape index (κ1) is 11.1. The van der Waals surface area contributed by atoms with Crippen LogP contribution in [0.25, 0.3) is 0 Å². The van der Waals surface area contributed by atoms with Crippen molar-refractivity contribution in [2.45, 2.75) is 32.6 Å². The van der Waals surface area contributed by atoms with Crippen molar-refractivity contribution >= 4 is 17.5 Å². The van der Waals surface area contributed by atoms with E-state index in [9.17, 15) is 9.59 Å². The van der Waals surface area contributed by atoms with Crippen molar-refractivity contribution in [3.63, 3.8) is 0 Å². The lowest BCUT2D eigenvalue weighted by molar-refractivity contribution is -0.123. The van der Waals surface area contributed by atoms with Crippen molar-refractivity contribution in [2.75, 3.05) is 13.1 Å². The molecule has 0 aromatic heterocycles. The summed E-state index contributed by atoms with van der Waals surface area (Å²) in [5, 5.41) is 3.83. The summed E-state index contributed by atoms with van der Waals surface area (Å²) in [6.45, 7) is 3.81. The molecule has 1 unspecified atom stereocenters. The van der Waals surface area contributed by atoms with Crippen LogP contribution in [0.5, 0.6) is 0 Å². The van der Waals surface area contributed by atoms with Crippen molar-refractivity contribution in [1.29, 1.82) is 0 Å². The van der Waals surface area contributed by atoms with Gasteiger partial charge in [0.1, 0.15) is 5.71 Å². The van der Waals surface area contributed by atoms with E-state index < -0.39 is 0 Å². The first-order valence-corrected chi connectivity index (χ1v) is 5.85. The van der Waals surface area contributed by atoms with E-state index in [0.29, 0.717) is 24.5 Å². The number of nitrogens with zero attached hydrogens (tertiary/aromatic N) is 2. The normalized spacial score (nSPS) is 25.3. The molecular formula is C11H17N3O2. The van der Waals surface area contributed by atoms with Crippen LogP contribution in [0.3, 0.4) is 0 Å². The average Bonchev–Trinajstić information content (AvgIpc) is 2.77. The molecule has 2 aliphatic rings. The first-order valence-electron chi connectivity index (χ1n) is 5.85. The van der Waals surface area contributed by atoms with Gasteiger partial charge in [0.05, 0.1) is 0 Å². The summed E-state index contributed by atoms with van der Waals surface area (Å²) in [6.07, 6.45) is 3.04. The summed E-state index contributed by atoms with van der Waals surface area (Å²) in [7, 11) is 0. The van der Waals surface area contributed by atoms with Crippen LogP contribution in [0.15, 0.2) is 5.10 Å². The molecule has 5 heteroatoms. The van der Waals surface area contributed by atoms with Crippen LogP contribution >= 0.6 is 0 Å². The Morgan fingerprint density at radius 1 is 1.56 bits per heavy atom. The number of nitrogens with one attached hydrogen (secondary N) is 1. The van der Waals surface area contributed by atoms with Crippen molar-refractivity contribution in [3.05, 3.63) is 0 Å². The van der Waals surface area contributed by atoms with E-state index in [-0.39, 0.29) is 11.8 Å². The molecular weight excluding hydrogens is 206 g/mol. The molecule has 0 radical (unpaired) electrons. The quantitative estimate of drug-likeness (QED) is 0.741. The van der Waals surface area contributed by atoms with Gasteiger partial charge in [0.2, 0.25) is 5.91 Å². The maximum atomic E-state index is 12.0. The van der Waals surface area contributed by atoms with Crippen molar-refractivity contribution in [2.24, 2.45) is 11.0 Å². The summed E-state index contributed by atoms with van der Waals surface area (Å²) < 4.78 is 0. The zero-order chi connectivity index (χ0) is 11.5. The Morgan fingerprint density at radius 3 is 2.94 bits per heavy atom. The number of likely N-dealkylation sites (tertiary alicyclic amines) is 1. The molecule has 1 N–H and O–H groups in total. The molecule has 0 aliphatic carbocycles. The Kier molecular flexibility index (Phi) is 3.22. The van der Waals surface area contributed by atoms with Crippen molar-refractivity contribution < 1.29 is 9.59 Å². The maximum Gasteiger partial charge on any atom is 0.270 e. The van der Waals surface area contributed by atoms with Gasteiger partial charge in [-0.2, -0.15) is 5.10 Å². The van der Waals surface area contributed by atoms with Gasteiger partial charge in [0, 0.05) is 25.9 Å². The number of amides is 2. The molecule has 16 heavy (non-hydrogen) atoms. The van der Waals surface area contributed by atoms with Gasteiger partial charge < -0.3 is 4.90 Å². The first-order chi connectivity index (χ1) is 7.70. The Balaban J connectivity index is 1.95. The van der Waals surface area contributed by atoms with E-state index in [0.717, 1.165) is 25.9 Å². The molecule has 2 amide bonds. The smallest absolute Gasteiger partial charge is 0.270 e. The predicted molar refractivity (Wildman–Crippen MR) is 59.8 cm³/mol. The highest BCUT2D eigenvalue weighted by Crippen LogP contribution is 2.19. The minimum absolute atomic E-state index is 0.00375. The topological polar surface area (TPSA) is 61.8 Å². The summed E-state index contributed by atoms with van der Waals surface area (Å²) in [4.78, 5) is 24.8. The SMILES string of the molecule is CCC1CCN(C(=O)C2=NNC(=O)CC2)C1. The van der Waals surface area contributed by atoms with Crippen LogP contribution in [0, 0.1) is 5.92 Å². The van der Waals surface area contributed by atoms with Gasteiger partial charge >= 0.3 is 0 Å². The highest BCUT2D eigenvalue weighted by atomic mass is 16.2. The second-order valence-electron chi connectivity index (χ2n) is 4.41. The average molecular weight is 223 g/mol. The van der Waals surface area contributed by atoms with Crippen molar-refractivity contribution in [1.82, 2.24) is 10.3 Å². The predicted octanol–water partition coefficient (Wildman–Crippen LogP) is 0.511. The second kappa shape index (κ2) is 4.63. The molecule has 0 saturated carbocycles. The summed E-state index contributed by atoms with van der Waals surface area (Å²) in [6, 6.07) is 0. The van der Waals surface area contributed by atoms with Crippen LogP contribution in [-0.2, 0) is 9.59 Å². The zero-order valence-corrected chi connectivity index (χ0v) is 9.53. The van der Waals surface area contributed by atoms with Gasteiger partial charge in [-0.05, 0) is 12.3 Å². The summed E-state index contributed by atoms with van der Waals surface area (Å²) in [5.74, 6) is 0.517. The minimum atomic E-state index is -0.107. The molecule has 1 atom stereocenters. The van der Waals surface area contributed by atoms with E-state index in [4.69, 9.17) is 0 Å². The monoisotopic (exact) mass is 223 g/mol. The lowest BCUT2D eigenvalue weighted by Gasteiger charge is -2.19. The Morgan fingerprint density at radius 2 is 2.38 bits per heavy atom. The molecule has 1 fully saturated rings. The van der Waals surface area contributed by atoms with Crippen molar-refractivity contribution in [3.8, 4) is 0 Å². The number of carbonyl (C=O) groups excluding carboxylic acids is 2. The number of hydrogen-bond donors (Lipinski definition) is 1. The lowest BCUT2D eigenvalue weighted by atomic mass is 10.1. The third-order valence-corrected chi connectivity index (χ3v) is 3.30. The Hall–Kier alpha value is -1.39. The van der Waals surface area contributed by atoms with Crippen LogP contribution in [0.2, 0.25) is 0 Å². The van der Waals surface area contributed by atoms with Crippen LogP contribution in [0.1, 0.15) is 32.6 Å². The number of hydrogen-bond acceptors (Lipinski definition) is 3. The van der Waals surface area contributed by atoms with E-state index >= 15 is 0 Å². The third-order valence-electron chi connectivity index (χ3n) is 3.30. The second-order valence-corrected chi connectivity index (χ2v) is 4.41. The van der Waals surface area contributed by atoms with Gasteiger partial charge in [0.15, 0.2) is 0 Å². The number of hydrazone groups is 1. The van der Waals surface area contributed by atoms with Gasteiger partial charge in [0.25, 0.3) is 5.91 Å². The van der Waals surface area contributed by atoms with Gasteiger partial charge in [-0.3, -0.25) is 9.59 Å². The third kappa shape index (κ3) is 2.23. The highest BCUT2D eigenvalue weighted by Gasteiger charge is 2.29. The van der Waals surface area contributed by atoms with E-state index in [1.807, 2.05) is 4.90 Å². The molecule has 2 aliphatic heterocycles. The van der Waals surface area contributed by atoms with Crippen LogP contribution in [0.4, 0.5) is 0 Å². The summed E-state index contributed by atoms with van der Waals surface area (Å²) >= 11 is 0. The maximum absolute atomic E-state index is 12.0. The fourth-order valence-corrected chi connectivity index (χ4v) is 2.16. The Bertz CT molecular complexity index is 338. The van der Waals surface area contributed by atoms with Gasteiger partial charge in [-0.1, -0.05) is 13.3 Å². The fourth-order valence-electron chi connectivity index (χ4n) is 2.16. The molecule has 88 valence electrons. The number of rotatable bonds is 2. The van der Waals surface area contributed by atoms with Crippen LogP contribution in [-0.4, -0.2) is 35.5 Å². The number of carbonyl (C=O) groups is 2. The van der Waals surface area contributed by atoms with Gasteiger partial charge in [-0.25, -0.2) is 5.43 Å². The van der Waals surface area contributed by atoms with Gasteiger partial charge in [-0.15, -0.1) is 0 Å². The fraction of sp³-hybridized carbons (Fsp3) is 0.727. The molecule has 0 spiro atoms. The molecule has 2 heterocycles.